The molecule has 4 fully saturated rings. The Hall–Kier alpha value is 0.584. The van der Waals surface area contributed by atoms with Crippen LogP contribution in [0.3, 0.4) is 0 Å². The van der Waals surface area contributed by atoms with Crippen molar-refractivity contribution in [1.82, 2.24) is 0 Å². The van der Waals surface area contributed by atoms with Gasteiger partial charge in [-0.3, -0.25) is 0 Å². The van der Waals surface area contributed by atoms with Crippen LogP contribution in [0, 0.1) is 47.3 Å². The average molecular weight is 287 g/mol. The van der Waals surface area contributed by atoms with E-state index in [1.807, 2.05) is 13.8 Å². The van der Waals surface area contributed by atoms with Crippen molar-refractivity contribution in [2.75, 3.05) is 0 Å². The first kappa shape index (κ1) is 16.6. The van der Waals surface area contributed by atoms with Gasteiger partial charge in [-0.15, -0.1) is 0 Å². The van der Waals surface area contributed by atoms with Gasteiger partial charge in [-0.25, -0.2) is 0 Å². The van der Waals surface area contributed by atoms with Gasteiger partial charge in [-0.2, -0.15) is 0 Å². The Labute approximate surface area is 127 Å². The monoisotopic (exact) mass is 287 g/mol. The summed E-state index contributed by atoms with van der Waals surface area (Å²) in [6, 6.07) is 0. The van der Waals surface area contributed by atoms with Gasteiger partial charge in [0.05, 0.1) is 0 Å². The van der Waals surface area contributed by atoms with Crippen LogP contribution in [0.5, 0.6) is 0 Å². The Morgan fingerprint density at radius 1 is 0.722 bits per heavy atom. The van der Waals surface area contributed by atoms with Crippen LogP contribution in [-0.2, 0) is 18.6 Å². The maximum Gasteiger partial charge on any atom is 0 e. The first-order valence-electron chi connectivity index (χ1n) is 7.77. The van der Waals surface area contributed by atoms with Crippen LogP contribution < -0.4 is 0 Å². The summed E-state index contributed by atoms with van der Waals surface area (Å²) < 4.78 is 0. The second kappa shape index (κ2) is 5.92. The first-order valence-corrected chi connectivity index (χ1v) is 7.77. The second-order valence-electron chi connectivity index (χ2n) is 6.77. The van der Waals surface area contributed by atoms with E-state index in [0.29, 0.717) is 0 Å². The third-order valence-electron chi connectivity index (χ3n) is 6.76. The molecule has 8 atom stereocenters. The molecular weight excluding hydrogens is 255 g/mol. The third kappa shape index (κ3) is 1.94. The van der Waals surface area contributed by atoms with Crippen molar-refractivity contribution in [3.63, 3.8) is 0 Å². The van der Waals surface area contributed by atoms with Crippen molar-refractivity contribution in [2.24, 2.45) is 47.3 Å². The van der Waals surface area contributed by atoms with Crippen molar-refractivity contribution in [3.05, 3.63) is 0 Å². The molecular formula is C17H32V. The molecule has 0 amide bonds. The fourth-order valence-corrected chi connectivity index (χ4v) is 6.19. The van der Waals surface area contributed by atoms with Gasteiger partial charge in [0.2, 0.25) is 0 Å². The Morgan fingerprint density at radius 2 is 1.11 bits per heavy atom. The van der Waals surface area contributed by atoms with E-state index in [0.717, 1.165) is 23.7 Å². The molecule has 0 aromatic heterocycles. The standard InChI is InChI=1S/C14H22.C2H6.CH4.V/c1-7-8(2)12-6-11(7)13-9-3-4-10(5-9)14(12)13;1-2;;/h7-14H,3-6H2,1-2H3;1-2H3;1H4;. The normalized spacial score (nSPS) is 54.0. The van der Waals surface area contributed by atoms with Gasteiger partial charge in [-0.05, 0) is 73.0 Å². The van der Waals surface area contributed by atoms with E-state index in [9.17, 15) is 0 Å². The molecule has 0 heterocycles. The van der Waals surface area contributed by atoms with Crippen LogP contribution in [0.25, 0.3) is 0 Å². The maximum atomic E-state index is 2.54. The minimum Gasteiger partial charge on any atom is -0.0776 e. The van der Waals surface area contributed by atoms with Gasteiger partial charge in [0, 0.05) is 18.6 Å². The number of fused-ring (bicyclic) bond motifs is 9. The van der Waals surface area contributed by atoms with E-state index in [4.69, 9.17) is 0 Å². The van der Waals surface area contributed by atoms with Gasteiger partial charge >= 0.3 is 0 Å². The Kier molecular flexibility index (Phi) is 5.47. The quantitative estimate of drug-likeness (QED) is 0.535. The van der Waals surface area contributed by atoms with Crippen molar-refractivity contribution in [3.8, 4) is 0 Å². The first-order chi connectivity index (χ1) is 7.77. The van der Waals surface area contributed by atoms with Crippen LogP contribution in [0.2, 0.25) is 0 Å². The number of rotatable bonds is 0. The molecule has 4 bridgehead atoms. The van der Waals surface area contributed by atoms with E-state index < -0.39 is 0 Å². The van der Waals surface area contributed by atoms with E-state index >= 15 is 0 Å². The van der Waals surface area contributed by atoms with E-state index in [-0.39, 0.29) is 26.0 Å². The van der Waals surface area contributed by atoms with Gasteiger partial charge in [0.1, 0.15) is 0 Å². The second-order valence-corrected chi connectivity index (χ2v) is 6.77. The smallest absolute Gasteiger partial charge is 0 e. The fraction of sp³-hybridized carbons (Fsp3) is 1.00. The predicted molar refractivity (Wildman–Crippen MR) is 75.8 cm³/mol. The topological polar surface area (TPSA) is 0 Å². The molecule has 0 nitrogen and oxygen atoms in total. The van der Waals surface area contributed by atoms with Gasteiger partial charge in [0.15, 0.2) is 0 Å². The van der Waals surface area contributed by atoms with Crippen molar-refractivity contribution < 1.29 is 18.6 Å². The molecule has 8 unspecified atom stereocenters. The van der Waals surface area contributed by atoms with Crippen LogP contribution in [0.15, 0.2) is 0 Å². The molecule has 4 aliphatic rings. The summed E-state index contributed by atoms with van der Waals surface area (Å²) in [6.07, 6.45) is 6.43. The van der Waals surface area contributed by atoms with E-state index in [1.54, 1.807) is 25.7 Å². The largest absolute Gasteiger partial charge is 0.0776 e. The summed E-state index contributed by atoms with van der Waals surface area (Å²) >= 11 is 0. The molecule has 105 valence electrons. The van der Waals surface area contributed by atoms with Crippen LogP contribution in [-0.4, -0.2) is 0 Å². The predicted octanol–water partition coefficient (Wildman–Crippen LogP) is 5.23. The summed E-state index contributed by atoms with van der Waals surface area (Å²) in [5.41, 5.74) is 0. The average Bonchev–Trinajstić information content (AvgIpc) is 3.03. The minimum atomic E-state index is 0. The Morgan fingerprint density at radius 3 is 1.50 bits per heavy atom. The van der Waals surface area contributed by atoms with Gasteiger partial charge in [-0.1, -0.05) is 35.1 Å². The summed E-state index contributed by atoms with van der Waals surface area (Å²) in [4.78, 5) is 0. The van der Waals surface area contributed by atoms with E-state index in [2.05, 4.69) is 13.8 Å². The molecule has 0 N–H and O–H groups in total. The summed E-state index contributed by atoms with van der Waals surface area (Å²) in [5, 5.41) is 0. The molecule has 4 rings (SSSR count). The maximum absolute atomic E-state index is 2.54. The van der Waals surface area contributed by atoms with Gasteiger partial charge < -0.3 is 0 Å². The Balaban J connectivity index is 0.000000388. The zero-order valence-electron chi connectivity index (χ0n) is 11.9. The van der Waals surface area contributed by atoms with Crippen molar-refractivity contribution in [2.45, 2.75) is 60.8 Å². The molecule has 0 aromatic rings. The summed E-state index contributed by atoms with van der Waals surface area (Å²) in [6.45, 7) is 9.08. The molecule has 18 heavy (non-hydrogen) atoms. The summed E-state index contributed by atoms with van der Waals surface area (Å²) in [5.74, 6) is 9.16. The molecule has 4 saturated carbocycles. The van der Waals surface area contributed by atoms with Crippen LogP contribution in [0.4, 0.5) is 0 Å². The van der Waals surface area contributed by atoms with E-state index in [1.165, 1.54) is 23.7 Å². The van der Waals surface area contributed by atoms with Crippen molar-refractivity contribution >= 4 is 0 Å². The molecule has 4 aliphatic carbocycles. The minimum absolute atomic E-state index is 0. The third-order valence-corrected chi connectivity index (χ3v) is 6.76. The molecule has 0 aromatic carbocycles. The fourth-order valence-electron chi connectivity index (χ4n) is 6.19. The summed E-state index contributed by atoms with van der Waals surface area (Å²) in [7, 11) is 0. The number of hydrogen-bond donors (Lipinski definition) is 0. The molecule has 0 aliphatic heterocycles. The zero-order chi connectivity index (χ0) is 11.4. The Bertz CT molecular complexity index is 249. The van der Waals surface area contributed by atoms with Crippen LogP contribution >= 0.6 is 0 Å². The molecule has 1 radical (unpaired) electrons. The van der Waals surface area contributed by atoms with Gasteiger partial charge in [0.25, 0.3) is 0 Å². The van der Waals surface area contributed by atoms with Crippen LogP contribution in [0.1, 0.15) is 60.8 Å². The number of hydrogen-bond acceptors (Lipinski definition) is 0. The van der Waals surface area contributed by atoms with Crippen molar-refractivity contribution in [1.29, 1.82) is 0 Å². The molecule has 0 spiro atoms. The molecule has 0 saturated heterocycles. The molecule has 1 heteroatoms. The zero-order valence-corrected chi connectivity index (χ0v) is 13.3. The SMILES string of the molecule is C.CC.CC1C(C)C2CC1C1C3CCC(C3)C21.[V].